The highest BCUT2D eigenvalue weighted by Gasteiger charge is 2.29. The summed E-state index contributed by atoms with van der Waals surface area (Å²) in [5, 5.41) is 5.49. The van der Waals surface area contributed by atoms with Gasteiger partial charge in [-0.05, 0) is 27.2 Å². The zero-order valence-electron chi connectivity index (χ0n) is 12.6. The van der Waals surface area contributed by atoms with Crippen LogP contribution in [0.3, 0.4) is 0 Å². The summed E-state index contributed by atoms with van der Waals surface area (Å²) in [5.41, 5.74) is -0.483. The van der Waals surface area contributed by atoms with Gasteiger partial charge in [0.25, 0.3) is 0 Å². The highest BCUT2D eigenvalue weighted by molar-refractivity contribution is 7.11. The number of nitrogens with one attached hydrogen (secondary N) is 1. The number of carbonyl (C=O) groups is 2. The normalized spacial score (nSPS) is 18.8. The van der Waals surface area contributed by atoms with Gasteiger partial charge in [0.1, 0.15) is 5.60 Å². The van der Waals surface area contributed by atoms with Gasteiger partial charge in [0.05, 0.1) is 6.54 Å². The van der Waals surface area contributed by atoms with Crippen LogP contribution in [0.2, 0.25) is 0 Å². The van der Waals surface area contributed by atoms with E-state index in [1.807, 2.05) is 20.8 Å². The molecule has 6 nitrogen and oxygen atoms in total. The Morgan fingerprint density at radius 3 is 2.90 bits per heavy atom. The molecule has 1 fully saturated rings. The first-order valence-corrected chi connectivity index (χ1v) is 7.87. The number of Topliss-reactive ketones (excluding diaryl/α,β-unsaturated/α-hetero) is 1. The Labute approximate surface area is 128 Å². The van der Waals surface area contributed by atoms with Gasteiger partial charge in [0.2, 0.25) is 5.78 Å². The van der Waals surface area contributed by atoms with Crippen LogP contribution in [-0.4, -0.2) is 53.0 Å². The fourth-order valence-corrected chi connectivity index (χ4v) is 2.67. The predicted octanol–water partition coefficient (Wildman–Crippen LogP) is 1.92. The van der Waals surface area contributed by atoms with Crippen molar-refractivity contribution < 1.29 is 14.3 Å². The Kier molecular flexibility index (Phi) is 4.95. The van der Waals surface area contributed by atoms with Crippen molar-refractivity contribution in [2.24, 2.45) is 0 Å². The highest BCUT2D eigenvalue weighted by atomic mass is 32.1. The van der Waals surface area contributed by atoms with Gasteiger partial charge >= 0.3 is 6.09 Å². The molecule has 1 aliphatic rings. The van der Waals surface area contributed by atoms with Crippen LogP contribution in [0.5, 0.6) is 0 Å². The van der Waals surface area contributed by atoms with Crippen LogP contribution < -0.4 is 5.32 Å². The Morgan fingerprint density at radius 2 is 2.29 bits per heavy atom. The van der Waals surface area contributed by atoms with Gasteiger partial charge in [-0.25, -0.2) is 9.78 Å². The number of thiazole rings is 1. The molecule has 0 unspecified atom stereocenters. The maximum atomic E-state index is 11.9. The lowest BCUT2D eigenvalue weighted by Crippen LogP contribution is -2.39. The Bertz CT molecular complexity index is 496. The molecule has 0 bridgehead atoms. The van der Waals surface area contributed by atoms with Crippen LogP contribution in [0.1, 0.15) is 37.0 Å². The van der Waals surface area contributed by atoms with Crippen molar-refractivity contribution in [1.29, 1.82) is 0 Å². The number of ether oxygens (including phenoxy) is 1. The second-order valence-electron chi connectivity index (χ2n) is 6.05. The molecule has 7 heteroatoms. The molecular formula is C14H21N3O3S. The van der Waals surface area contributed by atoms with Crippen molar-refractivity contribution >= 4 is 23.2 Å². The van der Waals surface area contributed by atoms with E-state index < -0.39 is 5.60 Å². The maximum absolute atomic E-state index is 11.9. The Balaban J connectivity index is 1.75. The summed E-state index contributed by atoms with van der Waals surface area (Å²) in [4.78, 5) is 29.4. The third-order valence-electron chi connectivity index (χ3n) is 3.06. The third-order valence-corrected chi connectivity index (χ3v) is 3.88. The van der Waals surface area contributed by atoms with Crippen molar-refractivity contribution in [2.45, 2.75) is 38.8 Å². The molecule has 1 N–H and O–H groups in total. The van der Waals surface area contributed by atoms with Crippen molar-refractivity contribution in [2.75, 3.05) is 19.6 Å². The number of hydrogen-bond acceptors (Lipinski definition) is 6. The second-order valence-corrected chi connectivity index (χ2v) is 6.95. The van der Waals surface area contributed by atoms with Gasteiger partial charge in [0, 0.05) is 30.7 Å². The fraction of sp³-hybridized carbons (Fsp3) is 0.643. The summed E-state index contributed by atoms with van der Waals surface area (Å²) in [7, 11) is 0. The average molecular weight is 311 g/mol. The lowest BCUT2D eigenvalue weighted by Gasteiger charge is -2.24. The monoisotopic (exact) mass is 311 g/mol. The van der Waals surface area contributed by atoms with Crippen LogP contribution in [0.15, 0.2) is 11.6 Å². The Morgan fingerprint density at radius 1 is 1.52 bits per heavy atom. The van der Waals surface area contributed by atoms with E-state index in [4.69, 9.17) is 4.74 Å². The minimum atomic E-state index is -0.483. The number of aromatic nitrogens is 1. The SMILES string of the molecule is CC(C)(C)OC(=O)N1CC[C@H](NCC(=O)c2nccs2)C1. The first-order valence-electron chi connectivity index (χ1n) is 6.99. The topological polar surface area (TPSA) is 71.5 Å². The zero-order valence-corrected chi connectivity index (χ0v) is 13.4. The number of hydrogen-bond donors (Lipinski definition) is 1. The largest absolute Gasteiger partial charge is 0.444 e. The highest BCUT2D eigenvalue weighted by Crippen LogP contribution is 2.15. The molecular weight excluding hydrogens is 290 g/mol. The molecule has 1 atom stereocenters. The molecule has 2 rings (SSSR count). The number of likely N-dealkylation sites (tertiary alicyclic amines) is 1. The van der Waals surface area contributed by atoms with Crippen LogP contribution in [-0.2, 0) is 4.74 Å². The Hall–Kier alpha value is -1.47. The summed E-state index contributed by atoms with van der Waals surface area (Å²) >= 11 is 1.34. The summed E-state index contributed by atoms with van der Waals surface area (Å²) in [5.74, 6) is -0.0132. The third kappa shape index (κ3) is 4.78. The standard InChI is InChI=1S/C14H21N3O3S/c1-14(2,3)20-13(19)17-6-4-10(9-17)16-8-11(18)12-15-5-7-21-12/h5,7,10,16H,4,6,8-9H2,1-3H3/t10-/m0/s1. The average Bonchev–Trinajstić information content (AvgIpc) is 3.05. The predicted molar refractivity (Wildman–Crippen MR) is 80.7 cm³/mol. The van der Waals surface area contributed by atoms with Crippen molar-refractivity contribution in [3.63, 3.8) is 0 Å². The quantitative estimate of drug-likeness (QED) is 0.860. The molecule has 1 aromatic heterocycles. The van der Waals surface area contributed by atoms with E-state index in [-0.39, 0.29) is 24.5 Å². The summed E-state index contributed by atoms with van der Waals surface area (Å²) in [6.07, 6.45) is 2.15. The first kappa shape index (κ1) is 15.9. The molecule has 2 heterocycles. The minimum Gasteiger partial charge on any atom is -0.444 e. The number of ketones is 1. The summed E-state index contributed by atoms with van der Waals surface area (Å²) in [6, 6.07) is 0.126. The van der Waals surface area contributed by atoms with Gasteiger partial charge in [-0.3, -0.25) is 4.79 Å². The molecule has 1 amide bonds. The van der Waals surface area contributed by atoms with Crippen LogP contribution >= 0.6 is 11.3 Å². The molecule has 0 saturated carbocycles. The molecule has 1 aromatic rings. The van der Waals surface area contributed by atoms with Crippen molar-refractivity contribution in [1.82, 2.24) is 15.2 Å². The number of rotatable bonds is 4. The lowest BCUT2D eigenvalue weighted by molar-refractivity contribution is 0.0291. The van der Waals surface area contributed by atoms with Gasteiger partial charge in [-0.2, -0.15) is 0 Å². The molecule has 0 spiro atoms. The van der Waals surface area contributed by atoms with Crippen LogP contribution in [0.4, 0.5) is 4.79 Å². The van der Waals surface area contributed by atoms with E-state index in [2.05, 4.69) is 10.3 Å². The van der Waals surface area contributed by atoms with Crippen LogP contribution in [0, 0.1) is 0 Å². The van der Waals surface area contributed by atoms with E-state index in [0.717, 1.165) is 6.42 Å². The van der Waals surface area contributed by atoms with E-state index in [1.165, 1.54) is 11.3 Å². The van der Waals surface area contributed by atoms with Gasteiger partial charge < -0.3 is 15.0 Å². The van der Waals surface area contributed by atoms with E-state index in [0.29, 0.717) is 18.1 Å². The molecule has 0 aromatic carbocycles. The molecule has 0 aliphatic carbocycles. The summed E-state index contributed by atoms with van der Waals surface area (Å²) in [6.45, 7) is 7.02. The van der Waals surface area contributed by atoms with Gasteiger partial charge in [-0.1, -0.05) is 0 Å². The zero-order chi connectivity index (χ0) is 15.5. The number of nitrogens with zero attached hydrogens (tertiary/aromatic N) is 2. The molecule has 1 aliphatic heterocycles. The van der Waals surface area contributed by atoms with Crippen molar-refractivity contribution in [3.8, 4) is 0 Å². The summed E-state index contributed by atoms with van der Waals surface area (Å²) < 4.78 is 5.34. The fourth-order valence-electron chi connectivity index (χ4n) is 2.09. The number of carbonyl (C=O) groups excluding carboxylic acids is 2. The van der Waals surface area contributed by atoms with E-state index in [1.54, 1.807) is 16.5 Å². The molecule has 1 saturated heterocycles. The second kappa shape index (κ2) is 6.53. The number of amides is 1. The lowest BCUT2D eigenvalue weighted by atomic mass is 10.2. The molecule has 116 valence electrons. The van der Waals surface area contributed by atoms with E-state index in [9.17, 15) is 9.59 Å². The van der Waals surface area contributed by atoms with Crippen LogP contribution in [0.25, 0.3) is 0 Å². The molecule has 21 heavy (non-hydrogen) atoms. The van der Waals surface area contributed by atoms with Gasteiger partial charge in [-0.15, -0.1) is 11.3 Å². The molecule has 0 radical (unpaired) electrons. The van der Waals surface area contributed by atoms with Gasteiger partial charge in [0.15, 0.2) is 5.01 Å². The minimum absolute atomic E-state index is 0.0132. The smallest absolute Gasteiger partial charge is 0.410 e. The maximum Gasteiger partial charge on any atom is 0.410 e. The van der Waals surface area contributed by atoms with Crippen molar-refractivity contribution in [3.05, 3.63) is 16.6 Å². The first-order chi connectivity index (χ1) is 9.85. The van der Waals surface area contributed by atoms with E-state index >= 15 is 0 Å².